The molecule has 0 saturated carbocycles. The van der Waals surface area contributed by atoms with E-state index in [0.29, 0.717) is 26.3 Å². The highest BCUT2D eigenvalue weighted by Gasteiger charge is 2.37. The first-order valence-electron chi connectivity index (χ1n) is 6.52. The number of hydrogen-bond acceptors (Lipinski definition) is 4. The molecule has 5 nitrogen and oxygen atoms in total. The minimum absolute atomic E-state index is 0.0654. The van der Waals surface area contributed by atoms with E-state index in [1.165, 1.54) is 0 Å². The van der Waals surface area contributed by atoms with Gasteiger partial charge in [0.1, 0.15) is 0 Å². The lowest BCUT2D eigenvalue weighted by Crippen LogP contribution is -2.61. The number of morpholine rings is 1. The van der Waals surface area contributed by atoms with E-state index >= 15 is 0 Å². The summed E-state index contributed by atoms with van der Waals surface area (Å²) in [6.07, 6.45) is 0. The zero-order chi connectivity index (χ0) is 14.0. The van der Waals surface area contributed by atoms with E-state index < -0.39 is 11.1 Å². The summed E-state index contributed by atoms with van der Waals surface area (Å²) in [5.41, 5.74) is -1.43. The number of carbonyl (C=O) groups excluding carboxylic acids is 1. The number of ether oxygens (including phenoxy) is 1. The van der Waals surface area contributed by atoms with E-state index in [9.17, 15) is 9.90 Å². The second-order valence-electron chi connectivity index (χ2n) is 5.99. The average molecular weight is 258 g/mol. The van der Waals surface area contributed by atoms with Crippen LogP contribution in [0, 0.1) is 0 Å². The molecule has 2 N–H and O–H groups in total. The maximum atomic E-state index is 12.2. The normalized spacial score (nSPS) is 19.8. The van der Waals surface area contributed by atoms with Gasteiger partial charge in [-0.15, -0.1) is 0 Å². The summed E-state index contributed by atoms with van der Waals surface area (Å²) in [6, 6.07) is -0.315. The fourth-order valence-electron chi connectivity index (χ4n) is 1.84. The molecule has 1 rings (SSSR count). The lowest BCUT2D eigenvalue weighted by molar-refractivity contribution is -0.138. The number of carbonyl (C=O) groups is 1. The third-order valence-corrected chi connectivity index (χ3v) is 3.80. The number of hydrogen-bond donors (Lipinski definition) is 2. The van der Waals surface area contributed by atoms with Gasteiger partial charge < -0.3 is 14.7 Å². The Labute approximate surface area is 109 Å². The van der Waals surface area contributed by atoms with Crippen LogP contribution in [0.5, 0.6) is 0 Å². The third-order valence-electron chi connectivity index (χ3n) is 3.80. The van der Waals surface area contributed by atoms with Crippen LogP contribution in [0.15, 0.2) is 0 Å². The second-order valence-corrected chi connectivity index (χ2v) is 5.99. The van der Waals surface area contributed by atoms with Crippen molar-refractivity contribution in [3.05, 3.63) is 0 Å². The van der Waals surface area contributed by atoms with Crippen LogP contribution >= 0.6 is 0 Å². The Balaban J connectivity index is 2.59. The van der Waals surface area contributed by atoms with Crippen molar-refractivity contribution in [3.63, 3.8) is 0 Å². The molecular formula is C13H26N2O3. The van der Waals surface area contributed by atoms with Gasteiger partial charge in [0.2, 0.25) is 5.91 Å². The number of amides is 1. The molecule has 1 aliphatic rings. The molecule has 0 radical (unpaired) electrons. The van der Waals surface area contributed by atoms with Crippen molar-refractivity contribution in [2.45, 2.75) is 51.8 Å². The molecule has 0 aromatic heterocycles. The number of aliphatic hydroxyl groups is 1. The standard InChI is InChI=1S/C13H26N2O3/c1-10(14-12(2,3)13(4,5)17)11(16)15-6-8-18-9-7-15/h10,14,17H,6-9H2,1-5H3. The van der Waals surface area contributed by atoms with Crippen molar-refractivity contribution in [2.24, 2.45) is 0 Å². The molecule has 0 aliphatic carbocycles. The first-order valence-corrected chi connectivity index (χ1v) is 6.52. The van der Waals surface area contributed by atoms with E-state index in [0.717, 1.165) is 0 Å². The minimum atomic E-state index is -0.896. The molecule has 0 aromatic carbocycles. The quantitative estimate of drug-likeness (QED) is 0.765. The van der Waals surface area contributed by atoms with Crippen LogP contribution in [0.3, 0.4) is 0 Å². The van der Waals surface area contributed by atoms with Gasteiger partial charge in [-0.05, 0) is 34.6 Å². The largest absolute Gasteiger partial charge is 0.389 e. The van der Waals surface area contributed by atoms with Crippen LogP contribution in [0.1, 0.15) is 34.6 Å². The van der Waals surface area contributed by atoms with Crippen LogP contribution in [-0.4, -0.2) is 59.4 Å². The molecule has 1 atom stereocenters. The van der Waals surface area contributed by atoms with E-state index in [1.54, 1.807) is 13.8 Å². The Hall–Kier alpha value is -0.650. The van der Waals surface area contributed by atoms with Gasteiger partial charge in [-0.25, -0.2) is 0 Å². The summed E-state index contributed by atoms with van der Waals surface area (Å²) in [5, 5.41) is 13.3. The Morgan fingerprint density at radius 2 is 1.78 bits per heavy atom. The topological polar surface area (TPSA) is 61.8 Å². The molecule has 1 saturated heterocycles. The zero-order valence-corrected chi connectivity index (χ0v) is 12.1. The predicted octanol–water partition coefficient (Wildman–Crippen LogP) is 0.373. The second kappa shape index (κ2) is 5.55. The molecule has 1 amide bonds. The molecule has 1 heterocycles. The summed E-state index contributed by atoms with van der Waals surface area (Å²) < 4.78 is 5.23. The summed E-state index contributed by atoms with van der Waals surface area (Å²) >= 11 is 0. The van der Waals surface area contributed by atoms with Gasteiger partial charge in [0.05, 0.1) is 24.9 Å². The summed E-state index contributed by atoms with van der Waals surface area (Å²) in [4.78, 5) is 14.0. The van der Waals surface area contributed by atoms with Crippen LogP contribution in [-0.2, 0) is 9.53 Å². The van der Waals surface area contributed by atoms with Crippen LogP contribution < -0.4 is 5.32 Å². The summed E-state index contributed by atoms with van der Waals surface area (Å²) in [5.74, 6) is 0.0654. The van der Waals surface area contributed by atoms with Crippen molar-refractivity contribution in [1.29, 1.82) is 0 Å². The first-order chi connectivity index (χ1) is 8.15. The van der Waals surface area contributed by atoms with E-state index in [1.807, 2.05) is 25.7 Å². The minimum Gasteiger partial charge on any atom is -0.389 e. The van der Waals surface area contributed by atoms with Gasteiger partial charge in [0, 0.05) is 18.6 Å². The zero-order valence-electron chi connectivity index (χ0n) is 12.1. The molecule has 1 aliphatic heterocycles. The molecule has 5 heteroatoms. The monoisotopic (exact) mass is 258 g/mol. The lowest BCUT2D eigenvalue weighted by atomic mass is 9.85. The molecule has 0 bridgehead atoms. The van der Waals surface area contributed by atoms with Crippen molar-refractivity contribution < 1.29 is 14.6 Å². The van der Waals surface area contributed by atoms with Crippen molar-refractivity contribution in [3.8, 4) is 0 Å². The molecule has 18 heavy (non-hydrogen) atoms. The van der Waals surface area contributed by atoms with E-state index in [-0.39, 0.29) is 11.9 Å². The highest BCUT2D eigenvalue weighted by atomic mass is 16.5. The van der Waals surface area contributed by atoms with Gasteiger partial charge in [-0.3, -0.25) is 10.1 Å². The lowest BCUT2D eigenvalue weighted by Gasteiger charge is -2.41. The van der Waals surface area contributed by atoms with Crippen molar-refractivity contribution in [1.82, 2.24) is 10.2 Å². The fraction of sp³-hybridized carbons (Fsp3) is 0.923. The number of rotatable bonds is 4. The predicted molar refractivity (Wildman–Crippen MR) is 70.4 cm³/mol. The Kier molecular flexibility index (Phi) is 4.75. The number of nitrogens with one attached hydrogen (secondary N) is 1. The maximum Gasteiger partial charge on any atom is 0.239 e. The van der Waals surface area contributed by atoms with Crippen molar-refractivity contribution in [2.75, 3.05) is 26.3 Å². The molecule has 1 fully saturated rings. The van der Waals surface area contributed by atoms with Gasteiger partial charge in [0.25, 0.3) is 0 Å². The third kappa shape index (κ3) is 3.67. The number of nitrogens with zero attached hydrogens (tertiary/aromatic N) is 1. The average Bonchev–Trinajstić information content (AvgIpc) is 2.27. The van der Waals surface area contributed by atoms with E-state index in [4.69, 9.17) is 4.74 Å². The van der Waals surface area contributed by atoms with Gasteiger partial charge in [0.15, 0.2) is 0 Å². The Morgan fingerprint density at radius 1 is 1.28 bits per heavy atom. The summed E-state index contributed by atoms with van der Waals surface area (Å²) in [6.45, 7) is 11.6. The van der Waals surface area contributed by atoms with Crippen LogP contribution in [0.25, 0.3) is 0 Å². The maximum absolute atomic E-state index is 12.2. The first kappa shape index (κ1) is 15.4. The van der Waals surface area contributed by atoms with Gasteiger partial charge in [-0.1, -0.05) is 0 Å². The highest BCUT2D eigenvalue weighted by Crippen LogP contribution is 2.21. The van der Waals surface area contributed by atoms with Gasteiger partial charge in [-0.2, -0.15) is 0 Å². The van der Waals surface area contributed by atoms with Crippen molar-refractivity contribution >= 4 is 5.91 Å². The molecule has 1 unspecified atom stereocenters. The highest BCUT2D eigenvalue weighted by molar-refractivity contribution is 5.81. The van der Waals surface area contributed by atoms with Crippen LogP contribution in [0.4, 0.5) is 0 Å². The van der Waals surface area contributed by atoms with Gasteiger partial charge >= 0.3 is 0 Å². The summed E-state index contributed by atoms with van der Waals surface area (Å²) in [7, 11) is 0. The SMILES string of the molecule is CC(NC(C)(C)C(C)(C)O)C(=O)N1CCOCC1. The smallest absolute Gasteiger partial charge is 0.239 e. The fourth-order valence-corrected chi connectivity index (χ4v) is 1.84. The molecule has 106 valence electrons. The van der Waals surface area contributed by atoms with E-state index in [2.05, 4.69) is 5.32 Å². The van der Waals surface area contributed by atoms with Crippen LogP contribution in [0.2, 0.25) is 0 Å². The Bertz CT molecular complexity index is 291. The molecule has 0 aromatic rings. The molecular weight excluding hydrogens is 232 g/mol. The molecule has 0 spiro atoms. The Morgan fingerprint density at radius 3 is 2.22 bits per heavy atom.